The third-order valence-electron chi connectivity index (χ3n) is 2.74. The van der Waals surface area contributed by atoms with E-state index in [9.17, 15) is 0 Å². The lowest BCUT2D eigenvalue weighted by Gasteiger charge is -2.40. The van der Waals surface area contributed by atoms with Crippen molar-refractivity contribution in [1.29, 1.82) is 0 Å². The maximum atomic E-state index is 6.65. The molecular weight excluding hydrogens is 355 g/mol. The van der Waals surface area contributed by atoms with Crippen LogP contribution in [0.4, 0.5) is 0 Å². The Morgan fingerprint density at radius 1 is 0.739 bits per heavy atom. The van der Waals surface area contributed by atoms with Crippen molar-refractivity contribution in [3.63, 3.8) is 0 Å². The molecule has 0 radical (unpaired) electrons. The summed E-state index contributed by atoms with van der Waals surface area (Å²) in [6.07, 6.45) is 1.90. The van der Waals surface area contributed by atoms with Crippen molar-refractivity contribution in [1.82, 2.24) is 4.90 Å². The summed E-state index contributed by atoms with van der Waals surface area (Å²) in [6, 6.07) is 0.935. The molecule has 0 N–H and O–H groups in total. The standard InChI is InChI=1S/C15H41NO3Si4/c1-16(2)13-12-14-23(18-21(6,7)8,19-22(9,10)11)17-15-20(3,4)5/h12-15H2,1-11H3. The van der Waals surface area contributed by atoms with Gasteiger partial charge in [0.1, 0.15) is 0 Å². The lowest BCUT2D eigenvalue weighted by atomic mass is 10.5. The minimum absolute atomic E-state index is 0.830. The monoisotopic (exact) mass is 395 g/mol. The van der Waals surface area contributed by atoms with Crippen LogP contribution in [0.1, 0.15) is 6.42 Å². The van der Waals surface area contributed by atoms with E-state index >= 15 is 0 Å². The minimum Gasteiger partial charge on any atom is -0.416 e. The summed E-state index contributed by atoms with van der Waals surface area (Å²) in [5.41, 5.74) is 0. The van der Waals surface area contributed by atoms with Crippen molar-refractivity contribution < 1.29 is 12.7 Å². The highest BCUT2D eigenvalue weighted by atomic mass is 28.5. The van der Waals surface area contributed by atoms with Gasteiger partial charge in [0, 0.05) is 12.3 Å². The summed E-state index contributed by atoms with van der Waals surface area (Å²) in [5.74, 6) is 0. The van der Waals surface area contributed by atoms with Crippen LogP contribution in [-0.4, -0.2) is 65.3 Å². The van der Waals surface area contributed by atoms with Crippen molar-refractivity contribution >= 4 is 33.5 Å². The average molecular weight is 396 g/mol. The quantitative estimate of drug-likeness (QED) is 0.483. The second-order valence-electron chi connectivity index (χ2n) is 9.87. The first-order chi connectivity index (χ1) is 10.0. The Bertz CT molecular complexity index is 330. The van der Waals surface area contributed by atoms with Crippen LogP contribution >= 0.6 is 0 Å². The second kappa shape index (κ2) is 8.88. The van der Waals surface area contributed by atoms with Gasteiger partial charge in [0.05, 0.1) is 8.07 Å². The number of nitrogens with zero attached hydrogens (tertiary/aromatic N) is 1. The summed E-state index contributed by atoms with van der Waals surface area (Å²) in [6.45, 7) is 21.5. The fourth-order valence-electron chi connectivity index (χ4n) is 2.13. The summed E-state index contributed by atoms with van der Waals surface area (Å²) < 4.78 is 19.8. The highest BCUT2D eigenvalue weighted by Crippen LogP contribution is 2.27. The minimum atomic E-state index is -2.61. The molecule has 0 unspecified atom stereocenters. The zero-order valence-corrected chi connectivity index (χ0v) is 21.5. The van der Waals surface area contributed by atoms with Crippen LogP contribution < -0.4 is 0 Å². The van der Waals surface area contributed by atoms with Crippen LogP contribution in [0.25, 0.3) is 0 Å². The van der Waals surface area contributed by atoms with Gasteiger partial charge in [-0.2, -0.15) is 0 Å². The largest absolute Gasteiger partial charge is 0.479 e. The van der Waals surface area contributed by atoms with Gasteiger partial charge < -0.3 is 17.6 Å². The Morgan fingerprint density at radius 3 is 1.48 bits per heavy atom. The van der Waals surface area contributed by atoms with Crippen LogP contribution in [0.2, 0.25) is 65.0 Å². The molecule has 0 saturated heterocycles. The molecule has 0 spiro atoms. The highest BCUT2D eigenvalue weighted by Gasteiger charge is 2.47. The van der Waals surface area contributed by atoms with Gasteiger partial charge in [0.25, 0.3) is 0 Å². The lowest BCUT2D eigenvalue weighted by molar-refractivity contribution is 0.182. The molecule has 8 heteroatoms. The Hall–Kier alpha value is 0.708. The number of hydrogen-bond acceptors (Lipinski definition) is 4. The number of hydrogen-bond donors (Lipinski definition) is 0. The molecule has 0 aliphatic rings. The first-order valence-corrected chi connectivity index (χ1v) is 21.2. The van der Waals surface area contributed by atoms with E-state index < -0.39 is 33.5 Å². The van der Waals surface area contributed by atoms with E-state index in [4.69, 9.17) is 12.7 Å². The van der Waals surface area contributed by atoms with Crippen molar-refractivity contribution in [3.8, 4) is 0 Å². The van der Waals surface area contributed by atoms with Crippen LogP contribution in [0.5, 0.6) is 0 Å². The smallest absolute Gasteiger partial charge is 0.416 e. The summed E-state index contributed by atoms with van der Waals surface area (Å²) in [4.78, 5) is 2.22. The van der Waals surface area contributed by atoms with Crippen LogP contribution in [-0.2, 0) is 12.7 Å². The SMILES string of the molecule is CN(C)CCC[Si](OC[Si](C)(C)C)(O[Si](C)(C)C)O[Si](C)(C)C. The van der Waals surface area contributed by atoms with Gasteiger partial charge in [-0.3, -0.25) is 0 Å². The molecule has 0 heterocycles. The summed E-state index contributed by atoms with van der Waals surface area (Å²) in [5, 5.41) is 0. The zero-order valence-electron chi connectivity index (χ0n) is 17.5. The average Bonchev–Trinajstić information content (AvgIpc) is 2.20. The van der Waals surface area contributed by atoms with E-state index in [0.717, 1.165) is 25.2 Å². The van der Waals surface area contributed by atoms with E-state index in [-0.39, 0.29) is 0 Å². The van der Waals surface area contributed by atoms with E-state index in [2.05, 4.69) is 77.9 Å². The fourth-order valence-corrected chi connectivity index (χ4v) is 14.8. The maximum Gasteiger partial charge on any atom is 0.479 e. The Kier molecular flexibility index (Phi) is 9.16. The number of rotatable bonds is 11. The van der Waals surface area contributed by atoms with Gasteiger partial charge in [-0.05, 0) is 66.3 Å². The van der Waals surface area contributed by atoms with Crippen LogP contribution in [0.3, 0.4) is 0 Å². The van der Waals surface area contributed by atoms with Gasteiger partial charge >= 0.3 is 8.80 Å². The molecule has 0 bridgehead atoms. The van der Waals surface area contributed by atoms with Crippen molar-refractivity contribution in [2.45, 2.75) is 71.4 Å². The molecule has 0 rings (SSSR count). The molecule has 0 aliphatic heterocycles. The molecule has 23 heavy (non-hydrogen) atoms. The predicted octanol–water partition coefficient (Wildman–Crippen LogP) is 4.47. The van der Waals surface area contributed by atoms with E-state index in [0.29, 0.717) is 0 Å². The fraction of sp³-hybridized carbons (Fsp3) is 1.00. The lowest BCUT2D eigenvalue weighted by Crippen LogP contribution is -2.58. The first kappa shape index (κ1) is 23.7. The molecule has 0 atom stereocenters. The Morgan fingerprint density at radius 2 is 1.17 bits per heavy atom. The van der Waals surface area contributed by atoms with Crippen molar-refractivity contribution in [3.05, 3.63) is 0 Å². The highest BCUT2D eigenvalue weighted by molar-refractivity contribution is 6.86. The molecule has 0 aromatic heterocycles. The zero-order chi connectivity index (χ0) is 18.5. The third kappa shape index (κ3) is 13.7. The van der Waals surface area contributed by atoms with Crippen molar-refractivity contribution in [2.75, 3.05) is 26.9 Å². The molecule has 0 amide bonds. The van der Waals surface area contributed by atoms with E-state index in [1.807, 2.05) is 0 Å². The normalized spacial score (nSPS) is 14.6. The molecule has 0 aliphatic carbocycles. The maximum absolute atomic E-state index is 6.65. The molecule has 0 fully saturated rings. The van der Waals surface area contributed by atoms with E-state index in [1.165, 1.54) is 0 Å². The molecule has 0 aromatic carbocycles. The van der Waals surface area contributed by atoms with Crippen molar-refractivity contribution in [2.24, 2.45) is 0 Å². The Balaban J connectivity index is 5.32. The van der Waals surface area contributed by atoms with Gasteiger partial charge in [-0.1, -0.05) is 19.6 Å². The second-order valence-corrected chi connectivity index (χ2v) is 27.5. The summed E-state index contributed by atoms with van der Waals surface area (Å²) in [7, 11) is -3.15. The first-order valence-electron chi connectivity index (χ1n) is 8.73. The topological polar surface area (TPSA) is 30.9 Å². The predicted molar refractivity (Wildman–Crippen MR) is 112 cm³/mol. The van der Waals surface area contributed by atoms with Gasteiger partial charge in [-0.25, -0.2) is 0 Å². The molecular formula is C15H41NO3Si4. The van der Waals surface area contributed by atoms with Gasteiger partial charge in [0.2, 0.25) is 0 Å². The molecule has 0 aromatic rings. The summed E-state index contributed by atoms with van der Waals surface area (Å²) >= 11 is 0. The van der Waals surface area contributed by atoms with Crippen LogP contribution in [0.15, 0.2) is 0 Å². The van der Waals surface area contributed by atoms with Crippen LogP contribution in [0, 0.1) is 0 Å². The molecule has 4 nitrogen and oxygen atoms in total. The Labute approximate surface area is 149 Å². The molecule has 140 valence electrons. The van der Waals surface area contributed by atoms with Gasteiger partial charge in [-0.15, -0.1) is 0 Å². The van der Waals surface area contributed by atoms with Gasteiger partial charge in [0.15, 0.2) is 16.6 Å². The van der Waals surface area contributed by atoms with E-state index in [1.54, 1.807) is 0 Å². The third-order valence-corrected chi connectivity index (χ3v) is 13.0. The molecule has 0 saturated carbocycles.